The maximum atomic E-state index is 13.9. The second kappa shape index (κ2) is 12.7. The first-order chi connectivity index (χ1) is 20.0. The lowest BCUT2D eigenvalue weighted by Gasteiger charge is -2.24. The fourth-order valence-electron chi connectivity index (χ4n) is 4.59. The van der Waals surface area contributed by atoms with Gasteiger partial charge in [-0.25, -0.2) is 9.79 Å². The summed E-state index contributed by atoms with van der Waals surface area (Å²) in [5, 5.41) is 0. The van der Waals surface area contributed by atoms with E-state index >= 15 is 0 Å². The molecular formula is C33H30N2O5S. The molecule has 5 rings (SSSR count). The summed E-state index contributed by atoms with van der Waals surface area (Å²) in [6.45, 7) is 8.23. The molecule has 0 aliphatic carbocycles. The summed E-state index contributed by atoms with van der Waals surface area (Å²) in [5.41, 5.74) is 3.25. The molecule has 4 aromatic rings. The number of hydrogen-bond donors (Lipinski definition) is 0. The van der Waals surface area contributed by atoms with Gasteiger partial charge in [-0.3, -0.25) is 9.36 Å². The minimum absolute atomic E-state index is 0.212. The number of aromatic nitrogens is 1. The number of hydrogen-bond acceptors (Lipinski definition) is 7. The number of fused-ring (bicyclic) bond motifs is 1. The van der Waals surface area contributed by atoms with Crippen molar-refractivity contribution >= 4 is 23.4 Å². The predicted molar refractivity (Wildman–Crippen MR) is 160 cm³/mol. The highest BCUT2D eigenvalue weighted by atomic mass is 32.1. The van der Waals surface area contributed by atoms with Crippen LogP contribution < -0.4 is 24.4 Å². The summed E-state index contributed by atoms with van der Waals surface area (Å²) in [7, 11) is 0. The number of nitrogens with zero attached hydrogens (tertiary/aromatic N) is 2. The summed E-state index contributed by atoms with van der Waals surface area (Å²) < 4.78 is 19.1. The van der Waals surface area contributed by atoms with Crippen LogP contribution in [0, 0.1) is 0 Å². The van der Waals surface area contributed by atoms with Crippen LogP contribution in [0.3, 0.4) is 0 Å². The van der Waals surface area contributed by atoms with Crippen LogP contribution in [0.15, 0.2) is 113 Å². The number of benzene rings is 3. The zero-order chi connectivity index (χ0) is 28.8. The lowest BCUT2D eigenvalue weighted by atomic mass is 9.96. The topological polar surface area (TPSA) is 79.1 Å². The number of allylic oxidation sites excluding steroid dienone is 1. The maximum absolute atomic E-state index is 13.9. The number of carbonyl (C=O) groups excluding carboxylic acids is 1. The molecule has 0 N–H and O–H groups in total. The van der Waals surface area contributed by atoms with Crippen molar-refractivity contribution < 1.29 is 19.0 Å². The first kappa shape index (κ1) is 27.9. The van der Waals surface area contributed by atoms with Crippen molar-refractivity contribution in [1.29, 1.82) is 0 Å². The average Bonchev–Trinajstić information content (AvgIpc) is 3.29. The molecule has 1 aromatic heterocycles. The molecule has 208 valence electrons. The highest BCUT2D eigenvalue weighted by molar-refractivity contribution is 7.07. The van der Waals surface area contributed by atoms with Crippen molar-refractivity contribution in [2.24, 2.45) is 4.99 Å². The van der Waals surface area contributed by atoms with E-state index < -0.39 is 12.0 Å². The summed E-state index contributed by atoms with van der Waals surface area (Å²) >= 11 is 1.28. The van der Waals surface area contributed by atoms with Crippen molar-refractivity contribution in [2.75, 3.05) is 13.2 Å². The Morgan fingerprint density at radius 1 is 1.02 bits per heavy atom. The molecule has 8 heteroatoms. The lowest BCUT2D eigenvalue weighted by Crippen LogP contribution is -2.39. The van der Waals surface area contributed by atoms with E-state index in [9.17, 15) is 9.59 Å². The van der Waals surface area contributed by atoms with Crippen molar-refractivity contribution in [2.45, 2.75) is 26.5 Å². The molecule has 0 fully saturated rings. The third-order valence-electron chi connectivity index (χ3n) is 6.48. The number of rotatable bonds is 10. The Kier molecular flexibility index (Phi) is 8.60. The largest absolute Gasteiger partial charge is 0.490 e. The molecule has 0 unspecified atom stereocenters. The second-order valence-corrected chi connectivity index (χ2v) is 10.3. The summed E-state index contributed by atoms with van der Waals surface area (Å²) in [6.07, 6.45) is 3.49. The molecule has 41 heavy (non-hydrogen) atoms. The van der Waals surface area contributed by atoms with Crippen LogP contribution >= 0.6 is 11.3 Å². The Hall–Kier alpha value is -4.69. The third kappa shape index (κ3) is 6.23. The first-order valence-electron chi connectivity index (χ1n) is 13.3. The molecular weight excluding hydrogens is 536 g/mol. The number of ether oxygens (including phenoxy) is 3. The van der Waals surface area contributed by atoms with Gasteiger partial charge in [0, 0.05) is 0 Å². The van der Waals surface area contributed by atoms with Crippen molar-refractivity contribution in [3.8, 4) is 11.5 Å². The average molecular weight is 567 g/mol. The van der Waals surface area contributed by atoms with Crippen LogP contribution in [0.25, 0.3) is 6.08 Å². The van der Waals surface area contributed by atoms with Gasteiger partial charge in [0.05, 0.1) is 28.5 Å². The smallest absolute Gasteiger partial charge is 0.338 e. The van der Waals surface area contributed by atoms with Crippen LogP contribution in [-0.4, -0.2) is 23.8 Å². The van der Waals surface area contributed by atoms with Crippen LogP contribution in [0.5, 0.6) is 11.5 Å². The Morgan fingerprint density at radius 2 is 1.80 bits per heavy atom. The highest BCUT2D eigenvalue weighted by Gasteiger charge is 2.33. The van der Waals surface area contributed by atoms with Crippen molar-refractivity contribution in [3.05, 3.63) is 139 Å². The van der Waals surface area contributed by atoms with Gasteiger partial charge in [-0.15, -0.1) is 0 Å². The minimum Gasteiger partial charge on any atom is -0.490 e. The highest BCUT2D eigenvalue weighted by Crippen LogP contribution is 2.31. The SMILES string of the molecule is C=CCOc1ccc([C@@H]2C(C(=O)OCC)=C(C)N=c3s/c(=C/c4cccc(OCc5ccccc5)c4)c(=O)n32)cc1. The molecule has 1 aliphatic rings. The van der Waals surface area contributed by atoms with Gasteiger partial charge in [-0.1, -0.05) is 78.6 Å². The molecule has 0 bridgehead atoms. The van der Waals surface area contributed by atoms with Gasteiger partial charge in [0.2, 0.25) is 0 Å². The quantitative estimate of drug-likeness (QED) is 0.201. The summed E-state index contributed by atoms with van der Waals surface area (Å²) in [5.74, 6) is 0.865. The number of carbonyl (C=O) groups is 1. The summed E-state index contributed by atoms with van der Waals surface area (Å²) in [4.78, 5) is 32.2. The zero-order valence-corrected chi connectivity index (χ0v) is 23.7. The summed E-state index contributed by atoms with van der Waals surface area (Å²) in [6, 6.07) is 24.2. The zero-order valence-electron chi connectivity index (χ0n) is 22.9. The fraction of sp³-hybridized carbons (Fsp3) is 0.182. The first-order valence-corrected chi connectivity index (χ1v) is 14.1. The molecule has 0 spiro atoms. The third-order valence-corrected chi connectivity index (χ3v) is 7.47. The van der Waals surface area contributed by atoms with E-state index in [0.29, 0.717) is 45.3 Å². The van der Waals surface area contributed by atoms with Gasteiger partial charge in [-0.05, 0) is 60.9 Å². The number of thiazole rings is 1. The molecule has 1 atom stereocenters. The monoisotopic (exact) mass is 566 g/mol. The van der Waals surface area contributed by atoms with Gasteiger partial charge in [0.1, 0.15) is 24.7 Å². The molecule has 1 aliphatic heterocycles. The molecule has 3 aromatic carbocycles. The van der Waals surface area contributed by atoms with E-state index in [-0.39, 0.29) is 12.2 Å². The Balaban J connectivity index is 1.54. The van der Waals surface area contributed by atoms with Gasteiger partial charge < -0.3 is 14.2 Å². The van der Waals surface area contributed by atoms with E-state index in [0.717, 1.165) is 16.7 Å². The minimum atomic E-state index is -0.693. The maximum Gasteiger partial charge on any atom is 0.338 e. The van der Waals surface area contributed by atoms with Crippen LogP contribution in [0.4, 0.5) is 0 Å². The fourth-order valence-corrected chi connectivity index (χ4v) is 5.64. The van der Waals surface area contributed by atoms with Crippen LogP contribution in [0.2, 0.25) is 0 Å². The molecule has 7 nitrogen and oxygen atoms in total. The molecule has 0 saturated heterocycles. The Bertz CT molecular complexity index is 1770. The molecule has 0 radical (unpaired) electrons. The van der Waals surface area contributed by atoms with E-state index in [1.165, 1.54) is 11.3 Å². The van der Waals surface area contributed by atoms with E-state index in [1.807, 2.05) is 84.9 Å². The molecule has 0 amide bonds. The van der Waals surface area contributed by atoms with Gasteiger partial charge in [-0.2, -0.15) is 0 Å². The standard InChI is InChI=1S/C33H30N2O5S/c1-4-18-39-26-16-14-25(15-17-26)30-29(32(37)38-5-2)22(3)34-33-35(30)31(36)28(41-33)20-24-12-9-13-27(19-24)40-21-23-10-7-6-8-11-23/h4,6-17,19-20,30H,1,5,18,21H2,2-3H3/b28-20+/t30-/m1/s1. The Morgan fingerprint density at radius 3 is 2.54 bits per heavy atom. The van der Waals surface area contributed by atoms with Crippen molar-refractivity contribution in [3.63, 3.8) is 0 Å². The van der Waals surface area contributed by atoms with Crippen LogP contribution in [-0.2, 0) is 16.1 Å². The normalized spacial score (nSPS) is 14.7. The van der Waals surface area contributed by atoms with Gasteiger partial charge in [0.25, 0.3) is 5.56 Å². The lowest BCUT2D eigenvalue weighted by molar-refractivity contribution is -0.139. The van der Waals surface area contributed by atoms with E-state index in [4.69, 9.17) is 14.2 Å². The van der Waals surface area contributed by atoms with E-state index in [1.54, 1.807) is 24.5 Å². The molecule has 0 saturated carbocycles. The molecule has 2 heterocycles. The number of esters is 1. The predicted octanol–water partition coefficient (Wildman–Crippen LogP) is 4.94. The van der Waals surface area contributed by atoms with Crippen molar-refractivity contribution in [1.82, 2.24) is 4.57 Å². The van der Waals surface area contributed by atoms with Crippen LogP contribution in [0.1, 0.15) is 36.6 Å². The van der Waals surface area contributed by atoms with E-state index in [2.05, 4.69) is 11.6 Å². The second-order valence-electron chi connectivity index (χ2n) is 9.32. The van der Waals surface area contributed by atoms with Gasteiger partial charge in [0.15, 0.2) is 4.80 Å². The Labute approximate surface area is 242 Å². The van der Waals surface area contributed by atoms with Gasteiger partial charge >= 0.3 is 5.97 Å².